The summed E-state index contributed by atoms with van der Waals surface area (Å²) in [5.74, 6) is -1.34. The van der Waals surface area contributed by atoms with Crippen LogP contribution < -0.4 is 25.6 Å². The monoisotopic (exact) mass is 1160 g/mol. The van der Waals surface area contributed by atoms with Gasteiger partial charge < -0.3 is 54.7 Å². The van der Waals surface area contributed by atoms with Crippen LogP contribution in [0.3, 0.4) is 0 Å². The third-order valence-corrected chi connectivity index (χ3v) is 16.3. The van der Waals surface area contributed by atoms with Gasteiger partial charge in [-0.3, -0.25) is 24.2 Å². The van der Waals surface area contributed by atoms with Crippen molar-refractivity contribution in [2.75, 3.05) is 89.2 Å². The second-order valence-electron chi connectivity index (χ2n) is 22.0. The van der Waals surface area contributed by atoms with Gasteiger partial charge in [-0.25, -0.2) is 13.9 Å². The Labute approximate surface area is 483 Å². The van der Waals surface area contributed by atoms with Crippen LogP contribution in [0.4, 0.5) is 15.2 Å². The summed E-state index contributed by atoms with van der Waals surface area (Å²) >= 11 is 2.98. The number of hydrogen-bond acceptors (Lipinski definition) is 19. The second kappa shape index (κ2) is 26.4. The quantitative estimate of drug-likeness (QED) is 0.0492. The van der Waals surface area contributed by atoms with Crippen LogP contribution in [0.1, 0.15) is 77.1 Å². The number of nitrogens with zero attached hydrogens (tertiary/aromatic N) is 10. The number of piperazine rings is 1. The number of aryl methyl sites for hydroxylation is 1. The first-order chi connectivity index (χ1) is 39.4. The summed E-state index contributed by atoms with van der Waals surface area (Å²) in [4.78, 5) is 69.0. The van der Waals surface area contributed by atoms with E-state index in [1.165, 1.54) is 33.8 Å². The molecule has 2 aliphatic heterocycles. The van der Waals surface area contributed by atoms with E-state index in [0.29, 0.717) is 69.5 Å². The summed E-state index contributed by atoms with van der Waals surface area (Å²) in [5.41, 5.74) is 5.92. The highest BCUT2D eigenvalue weighted by molar-refractivity contribution is 7.18. The van der Waals surface area contributed by atoms with Gasteiger partial charge in [0.2, 0.25) is 22.9 Å². The lowest BCUT2D eigenvalue weighted by atomic mass is 9.85. The molecule has 82 heavy (non-hydrogen) atoms. The zero-order valence-corrected chi connectivity index (χ0v) is 48.6. The first kappa shape index (κ1) is 59.4. The number of likely N-dealkylation sites (tertiary alicyclic amines) is 1. The number of alkyl halides is 1. The van der Waals surface area contributed by atoms with Crippen LogP contribution in [0.5, 0.6) is 5.75 Å². The van der Waals surface area contributed by atoms with Crippen molar-refractivity contribution in [3.05, 3.63) is 77.2 Å². The van der Waals surface area contributed by atoms with E-state index in [0.717, 1.165) is 54.4 Å². The molecule has 22 nitrogen and oxygen atoms in total. The van der Waals surface area contributed by atoms with Crippen molar-refractivity contribution in [2.24, 2.45) is 5.41 Å². The molecule has 1 aromatic carbocycles. The van der Waals surface area contributed by atoms with Crippen molar-refractivity contribution >= 4 is 62.6 Å². The van der Waals surface area contributed by atoms with Crippen LogP contribution in [-0.4, -0.2) is 177 Å². The number of carbonyl (C=O) groups is 4. The number of benzene rings is 1. The first-order valence-electron chi connectivity index (χ1n) is 27.6. The van der Waals surface area contributed by atoms with Crippen molar-refractivity contribution in [2.45, 2.75) is 104 Å². The molecule has 2 saturated heterocycles. The standard InChI is InChI=1S/C57H70FN13O9S2/c1-35(2)64-43-28-44(45-10-9-40-25-37(29-59)30-63-71(40)45)60-32-42(43)52-66-67-55(82-52)69-16-14-68(15-17-69)48(73)11-18-77-19-20-78-21-22-79-23-24-80-47-26-38(49-36(3)62-34-81-49)7-8-39(47)31-61-51(74)46-27-41(72)33-70(46)53(75)50(56(4,5)6)65-54(76)57(58)12-13-57/h7-10,25-26,28,30,32,34-35,41,46,50,72H,11-24,27,31,33H2,1-6H3,(H,60,64)(H,61,74)(H,65,76)/t41-,46+,50-/m1/s1. The molecule has 0 spiro atoms. The minimum atomic E-state index is -1.99. The fraction of sp³-hybridized carbons (Fsp3) is 0.509. The number of anilines is 2. The number of aliphatic hydroxyl groups excluding tert-OH is 1. The molecule has 5 aromatic heterocycles. The van der Waals surface area contributed by atoms with Gasteiger partial charge in [0.25, 0.3) is 5.91 Å². The zero-order chi connectivity index (χ0) is 58.1. The lowest BCUT2D eigenvalue weighted by molar-refractivity contribution is -0.145. The summed E-state index contributed by atoms with van der Waals surface area (Å²) in [6.07, 6.45) is 2.83. The van der Waals surface area contributed by atoms with Gasteiger partial charge in [0, 0.05) is 69.2 Å². The molecule has 1 aliphatic carbocycles. The average Bonchev–Trinajstić information content (AvgIpc) is 4.07. The number of nitrogens with one attached hydrogen (secondary N) is 3. The molecule has 3 atom stereocenters. The zero-order valence-electron chi connectivity index (χ0n) is 47.0. The number of amides is 4. The van der Waals surface area contributed by atoms with Crippen molar-refractivity contribution in [1.29, 1.82) is 5.26 Å². The number of fused-ring (bicyclic) bond motifs is 1. The highest BCUT2D eigenvalue weighted by Gasteiger charge is 2.53. The van der Waals surface area contributed by atoms with Gasteiger partial charge in [0.1, 0.15) is 30.5 Å². The van der Waals surface area contributed by atoms with Crippen molar-refractivity contribution in [1.82, 2.24) is 50.2 Å². The highest BCUT2D eigenvalue weighted by atomic mass is 32.1. The molecule has 0 unspecified atom stereocenters. The maximum absolute atomic E-state index is 14.7. The van der Waals surface area contributed by atoms with Crippen LogP contribution >= 0.6 is 22.7 Å². The third-order valence-electron chi connectivity index (χ3n) is 14.4. The summed E-state index contributed by atoms with van der Waals surface area (Å²) in [6.45, 7) is 15.6. The summed E-state index contributed by atoms with van der Waals surface area (Å²) in [5, 5.41) is 44.0. The van der Waals surface area contributed by atoms with Gasteiger partial charge in [-0.15, -0.1) is 21.5 Å². The van der Waals surface area contributed by atoms with E-state index in [9.17, 15) is 33.9 Å². The number of hydrogen-bond donors (Lipinski definition) is 4. The predicted molar refractivity (Wildman–Crippen MR) is 307 cm³/mol. The average molecular weight is 1160 g/mol. The minimum absolute atomic E-state index is 0.00494. The van der Waals surface area contributed by atoms with E-state index in [2.05, 4.69) is 61.0 Å². The number of ether oxygens (including phenoxy) is 4. The Bertz CT molecular complexity index is 3270. The lowest BCUT2D eigenvalue weighted by Gasteiger charge is -2.35. The SMILES string of the molecule is Cc1ncsc1-c1ccc(CNC(=O)[C@@H]2C[C@@H](O)CN2C(=O)[C@@H](NC(=O)C2(F)CC2)C(C)(C)C)c(OCCOCCOCCOCCC(=O)N2CCN(c3nnc(-c4cnc(-c5ccc6cc(C#N)cnn56)cc4NC(C)C)s3)CC2)c1. The molecular formula is C57H70FN13O9S2. The number of thiazole rings is 1. The number of aromatic nitrogens is 6. The summed E-state index contributed by atoms with van der Waals surface area (Å²) in [7, 11) is 0. The number of β-amino-alcohol motifs (C(OH)–C–C–N with tert-alkyl or cyclic N) is 1. The molecule has 0 bridgehead atoms. The van der Waals surface area contributed by atoms with Gasteiger partial charge in [-0.2, -0.15) is 10.4 Å². The van der Waals surface area contributed by atoms with Crippen LogP contribution in [0, 0.1) is 23.7 Å². The van der Waals surface area contributed by atoms with E-state index in [4.69, 9.17) is 23.9 Å². The predicted octanol–water partition coefficient (Wildman–Crippen LogP) is 5.82. The minimum Gasteiger partial charge on any atom is -0.491 e. The van der Waals surface area contributed by atoms with E-state index in [1.54, 1.807) is 43.1 Å². The van der Waals surface area contributed by atoms with Crippen molar-refractivity contribution in [3.8, 4) is 44.2 Å². The number of carbonyl (C=O) groups excluding carboxylic acids is 4. The Hall–Kier alpha value is -7.21. The molecule has 3 aliphatic rings. The maximum Gasteiger partial charge on any atom is 0.258 e. The normalized spacial score (nSPS) is 17.2. The molecule has 436 valence electrons. The molecule has 1 saturated carbocycles. The van der Waals surface area contributed by atoms with Gasteiger partial charge in [-0.05, 0) is 74.9 Å². The number of nitriles is 1. The number of pyridine rings is 1. The largest absolute Gasteiger partial charge is 0.491 e. The van der Waals surface area contributed by atoms with Gasteiger partial charge in [0.15, 0.2) is 10.7 Å². The first-order valence-corrected chi connectivity index (χ1v) is 29.3. The highest BCUT2D eigenvalue weighted by Crippen LogP contribution is 2.41. The number of rotatable bonds is 25. The van der Waals surface area contributed by atoms with Crippen molar-refractivity contribution < 1.29 is 47.6 Å². The summed E-state index contributed by atoms with van der Waals surface area (Å²) in [6, 6.07) is 13.4. The van der Waals surface area contributed by atoms with Crippen molar-refractivity contribution in [3.63, 3.8) is 0 Å². The fourth-order valence-corrected chi connectivity index (χ4v) is 11.4. The molecule has 7 heterocycles. The van der Waals surface area contributed by atoms with Gasteiger partial charge in [0.05, 0.1) is 102 Å². The van der Waals surface area contributed by atoms with E-state index in [1.807, 2.05) is 48.2 Å². The molecule has 6 aromatic rings. The second-order valence-corrected chi connectivity index (χ2v) is 23.8. The fourth-order valence-electron chi connectivity index (χ4n) is 9.69. The Morgan fingerprint density at radius 2 is 1.66 bits per heavy atom. The Morgan fingerprint density at radius 3 is 2.34 bits per heavy atom. The molecule has 3 fully saturated rings. The van der Waals surface area contributed by atoms with Crippen LogP contribution in [0.2, 0.25) is 0 Å². The molecule has 4 N–H and O–H groups in total. The van der Waals surface area contributed by atoms with E-state index >= 15 is 0 Å². The Kier molecular flexibility index (Phi) is 19.1. The summed E-state index contributed by atoms with van der Waals surface area (Å²) < 4.78 is 39.9. The Morgan fingerprint density at radius 1 is 0.927 bits per heavy atom. The lowest BCUT2D eigenvalue weighted by Crippen LogP contribution is -2.59. The maximum atomic E-state index is 14.7. The van der Waals surface area contributed by atoms with Gasteiger partial charge in [-0.1, -0.05) is 44.2 Å². The molecular weight excluding hydrogens is 1090 g/mol. The smallest absolute Gasteiger partial charge is 0.258 e. The number of aliphatic hydroxyl groups is 1. The topological polar surface area (TPSA) is 264 Å². The van der Waals surface area contributed by atoms with Gasteiger partial charge >= 0.3 is 0 Å². The molecule has 4 amide bonds. The molecule has 0 radical (unpaired) electrons. The Balaban J connectivity index is 0.669. The van der Waals surface area contributed by atoms with Crippen LogP contribution in [0.25, 0.3) is 37.9 Å². The van der Waals surface area contributed by atoms with Crippen LogP contribution in [-0.2, 0) is 39.9 Å². The molecule has 9 rings (SSSR count). The number of halogens is 1. The van der Waals surface area contributed by atoms with E-state index < -0.39 is 47.0 Å². The van der Waals surface area contributed by atoms with E-state index in [-0.39, 0.29) is 70.5 Å². The molecule has 25 heteroatoms. The van der Waals surface area contributed by atoms with Crippen LogP contribution in [0.15, 0.2) is 60.4 Å². The third kappa shape index (κ3) is 14.5.